The van der Waals surface area contributed by atoms with E-state index in [1.54, 1.807) is 0 Å². The summed E-state index contributed by atoms with van der Waals surface area (Å²) < 4.78 is 0. The van der Waals surface area contributed by atoms with Gasteiger partial charge in [0.25, 0.3) is 0 Å². The molecule has 1 rings (SSSR count). The summed E-state index contributed by atoms with van der Waals surface area (Å²) in [5, 5.41) is 8.04. The van der Waals surface area contributed by atoms with Crippen LogP contribution in [0.3, 0.4) is 0 Å². The number of unbranched alkanes of at least 4 members (excludes halogenated alkanes) is 1. The Morgan fingerprint density at radius 1 is 1.43 bits per heavy atom. The van der Waals surface area contributed by atoms with E-state index in [1.165, 1.54) is 0 Å². The fraction of sp³-hybridized carbons (Fsp3) is 0.889. The van der Waals surface area contributed by atoms with Crippen molar-refractivity contribution in [1.29, 1.82) is 0 Å². The largest absolute Gasteiger partial charge is 0.481 e. The van der Waals surface area contributed by atoms with Crippen LogP contribution >= 0.6 is 11.8 Å². The first-order chi connectivity index (χ1) is 6.57. The van der Waals surface area contributed by atoms with Gasteiger partial charge in [-0.15, -0.1) is 0 Å². The molecule has 0 aromatic carbocycles. The Hall–Kier alpha value is -0.260. The lowest BCUT2D eigenvalue weighted by Crippen LogP contribution is -2.39. The summed E-state index contributed by atoms with van der Waals surface area (Å²) in [6, 6.07) is 0.509. The maximum Gasteiger partial charge on any atom is 0.303 e. The number of hydrogen-bond acceptors (Lipinski definition) is 4. The van der Waals surface area contributed by atoms with E-state index in [9.17, 15) is 4.79 Å². The second-order valence-corrected chi connectivity index (χ2v) is 4.44. The Bertz CT molecular complexity index is 159. The zero-order chi connectivity index (χ0) is 11.0. The molecule has 1 unspecified atom stereocenters. The summed E-state index contributed by atoms with van der Waals surface area (Å²) in [4.78, 5) is 9.76. The van der Waals surface area contributed by atoms with Gasteiger partial charge in [-0.3, -0.25) is 4.79 Å². The molecule has 5 N–H and O–H groups in total. The Balaban J connectivity index is 0.000000241. The van der Waals surface area contributed by atoms with E-state index in [0.29, 0.717) is 6.42 Å². The van der Waals surface area contributed by atoms with Gasteiger partial charge in [-0.05, 0) is 6.42 Å². The van der Waals surface area contributed by atoms with Crippen molar-refractivity contribution in [3.05, 3.63) is 0 Å². The minimum atomic E-state index is -0.693. The molecule has 0 spiro atoms. The lowest BCUT2D eigenvalue weighted by molar-refractivity contribution is -0.137. The quantitative estimate of drug-likeness (QED) is 0.650. The van der Waals surface area contributed by atoms with Crippen LogP contribution in [0.1, 0.15) is 26.2 Å². The molecule has 0 saturated carbocycles. The van der Waals surface area contributed by atoms with Crippen molar-refractivity contribution < 1.29 is 9.90 Å². The molecule has 0 aromatic heterocycles. The monoisotopic (exact) mass is 220 g/mol. The van der Waals surface area contributed by atoms with Crippen molar-refractivity contribution in [2.24, 2.45) is 11.5 Å². The van der Waals surface area contributed by atoms with Gasteiger partial charge in [0.2, 0.25) is 0 Å². The first-order valence-corrected chi connectivity index (χ1v) is 6.04. The van der Waals surface area contributed by atoms with Crippen LogP contribution in [0, 0.1) is 0 Å². The molecule has 1 aliphatic heterocycles. The van der Waals surface area contributed by atoms with Crippen LogP contribution in [0.4, 0.5) is 0 Å². The van der Waals surface area contributed by atoms with Crippen LogP contribution in [-0.4, -0.2) is 34.7 Å². The highest BCUT2D eigenvalue weighted by Crippen LogP contribution is 2.13. The molecule has 1 aliphatic rings. The fourth-order valence-electron chi connectivity index (χ4n) is 0.915. The number of thioether (sulfide) groups is 1. The number of carboxylic acids is 1. The van der Waals surface area contributed by atoms with Crippen molar-refractivity contribution in [3.63, 3.8) is 0 Å². The molecule has 1 saturated heterocycles. The Morgan fingerprint density at radius 2 is 1.93 bits per heavy atom. The molecule has 5 heteroatoms. The number of aliphatic carboxylic acids is 1. The summed E-state index contributed by atoms with van der Waals surface area (Å²) >= 11 is 1.84. The standard InChI is InChI=1S/C5H10O2.C4H10N2S/c1-2-3-4-5(6)7;5-3-1-7-2-4(3)6/h2-4H2,1H3,(H,6,7);3-4H,1-2,5-6H2/t;3-,4?/m.1/s1. The molecule has 84 valence electrons. The van der Waals surface area contributed by atoms with E-state index in [1.807, 2.05) is 18.7 Å². The van der Waals surface area contributed by atoms with E-state index in [4.69, 9.17) is 16.6 Å². The molecule has 2 atom stereocenters. The third-order valence-electron chi connectivity index (χ3n) is 1.91. The summed E-state index contributed by atoms with van der Waals surface area (Å²) in [5.41, 5.74) is 11.1. The SMILES string of the molecule is CCCCC(=O)O.NC1CSC[C@H]1N. The number of hydrogen-bond donors (Lipinski definition) is 3. The predicted molar refractivity (Wildman–Crippen MR) is 60.4 cm³/mol. The highest BCUT2D eigenvalue weighted by molar-refractivity contribution is 7.99. The van der Waals surface area contributed by atoms with Crippen LogP contribution in [0.5, 0.6) is 0 Å². The fourth-order valence-corrected chi connectivity index (χ4v) is 2.09. The van der Waals surface area contributed by atoms with Gasteiger partial charge < -0.3 is 16.6 Å². The van der Waals surface area contributed by atoms with E-state index in [2.05, 4.69) is 0 Å². The topological polar surface area (TPSA) is 89.3 Å². The van der Waals surface area contributed by atoms with Gasteiger partial charge in [-0.1, -0.05) is 13.3 Å². The molecular formula is C9H20N2O2S. The van der Waals surface area contributed by atoms with Crippen molar-refractivity contribution in [1.82, 2.24) is 0 Å². The number of carboxylic acid groups (broad SMARTS) is 1. The van der Waals surface area contributed by atoms with Crippen molar-refractivity contribution in [2.45, 2.75) is 38.3 Å². The number of nitrogens with two attached hydrogens (primary N) is 2. The van der Waals surface area contributed by atoms with Gasteiger partial charge in [-0.2, -0.15) is 11.8 Å². The molecule has 0 amide bonds. The third kappa shape index (κ3) is 7.17. The van der Waals surface area contributed by atoms with Crippen LogP contribution in [0.2, 0.25) is 0 Å². The average Bonchev–Trinajstić information content (AvgIpc) is 2.49. The Labute approximate surface area is 89.4 Å². The van der Waals surface area contributed by atoms with Crippen molar-refractivity contribution in [2.75, 3.05) is 11.5 Å². The summed E-state index contributed by atoms with van der Waals surface area (Å²) in [6.45, 7) is 1.98. The molecular weight excluding hydrogens is 200 g/mol. The summed E-state index contributed by atoms with van der Waals surface area (Å²) in [5.74, 6) is 1.39. The molecule has 14 heavy (non-hydrogen) atoms. The zero-order valence-electron chi connectivity index (χ0n) is 8.61. The smallest absolute Gasteiger partial charge is 0.303 e. The maximum absolute atomic E-state index is 9.76. The second-order valence-electron chi connectivity index (χ2n) is 3.36. The van der Waals surface area contributed by atoms with Crippen molar-refractivity contribution >= 4 is 17.7 Å². The van der Waals surface area contributed by atoms with Crippen LogP contribution < -0.4 is 11.5 Å². The second kappa shape index (κ2) is 8.08. The number of carbonyl (C=O) groups is 1. The molecule has 0 aromatic rings. The Morgan fingerprint density at radius 3 is 2.07 bits per heavy atom. The maximum atomic E-state index is 9.76. The van der Waals surface area contributed by atoms with Crippen LogP contribution in [-0.2, 0) is 4.79 Å². The minimum absolute atomic E-state index is 0.255. The first-order valence-electron chi connectivity index (χ1n) is 4.88. The Kier molecular flexibility index (Phi) is 7.93. The lowest BCUT2D eigenvalue weighted by Gasteiger charge is -2.04. The van der Waals surface area contributed by atoms with Crippen LogP contribution in [0.15, 0.2) is 0 Å². The zero-order valence-corrected chi connectivity index (χ0v) is 9.43. The molecule has 0 radical (unpaired) electrons. The van der Waals surface area contributed by atoms with Crippen molar-refractivity contribution in [3.8, 4) is 0 Å². The van der Waals surface area contributed by atoms with Gasteiger partial charge >= 0.3 is 5.97 Å². The van der Waals surface area contributed by atoms with E-state index >= 15 is 0 Å². The van der Waals surface area contributed by atoms with E-state index in [0.717, 1.165) is 24.3 Å². The summed E-state index contributed by atoms with van der Waals surface area (Å²) in [6.07, 6.45) is 2.08. The summed E-state index contributed by atoms with van der Waals surface area (Å²) in [7, 11) is 0. The van der Waals surface area contributed by atoms with Gasteiger partial charge in [0, 0.05) is 30.0 Å². The normalized spacial score (nSPS) is 25.4. The first kappa shape index (κ1) is 13.7. The molecule has 1 fully saturated rings. The molecule has 1 heterocycles. The van der Waals surface area contributed by atoms with Gasteiger partial charge in [-0.25, -0.2) is 0 Å². The molecule has 4 nitrogen and oxygen atoms in total. The molecule has 0 bridgehead atoms. The average molecular weight is 220 g/mol. The predicted octanol–water partition coefficient (Wildman–Crippen LogP) is 0.649. The van der Waals surface area contributed by atoms with Gasteiger partial charge in [0.1, 0.15) is 0 Å². The van der Waals surface area contributed by atoms with Gasteiger partial charge in [0.15, 0.2) is 0 Å². The van der Waals surface area contributed by atoms with E-state index < -0.39 is 5.97 Å². The van der Waals surface area contributed by atoms with E-state index in [-0.39, 0.29) is 12.1 Å². The highest BCUT2D eigenvalue weighted by atomic mass is 32.2. The highest BCUT2D eigenvalue weighted by Gasteiger charge is 2.19. The minimum Gasteiger partial charge on any atom is -0.481 e. The number of rotatable bonds is 3. The van der Waals surface area contributed by atoms with Crippen LogP contribution in [0.25, 0.3) is 0 Å². The molecule has 0 aliphatic carbocycles. The van der Waals surface area contributed by atoms with Gasteiger partial charge in [0.05, 0.1) is 0 Å². The third-order valence-corrected chi connectivity index (χ3v) is 3.16. The lowest BCUT2D eigenvalue weighted by atomic mass is 10.2.